The molecule has 0 aliphatic heterocycles. The molecule has 0 amide bonds. The molecule has 0 fully saturated rings. The van der Waals surface area contributed by atoms with E-state index in [1.165, 1.54) is 0 Å². The smallest absolute Gasteiger partial charge is 0.0834 e. The van der Waals surface area contributed by atoms with Gasteiger partial charge in [0.15, 0.2) is 0 Å². The van der Waals surface area contributed by atoms with E-state index < -0.39 is 0 Å². The molecule has 0 saturated heterocycles. The molecule has 1 rings (SSSR count). The molecule has 0 radical (unpaired) electrons. The first-order valence-corrected chi connectivity index (χ1v) is 6.06. The van der Waals surface area contributed by atoms with Gasteiger partial charge >= 0.3 is 0 Å². The standard InChI is InChI=1S/C11H22ClN5/c1-15(2)5-6-17-11(9(12)7-14-17)10(13)8-16(3)4/h7,10H,5-6,8,13H2,1-4H3. The second-order valence-electron chi connectivity index (χ2n) is 4.77. The quantitative estimate of drug-likeness (QED) is 0.816. The van der Waals surface area contributed by atoms with Crippen LogP contribution < -0.4 is 5.73 Å². The van der Waals surface area contributed by atoms with Crippen LogP contribution in [0.15, 0.2) is 6.20 Å². The largest absolute Gasteiger partial charge is 0.322 e. The van der Waals surface area contributed by atoms with Crippen molar-refractivity contribution < 1.29 is 0 Å². The fourth-order valence-electron chi connectivity index (χ4n) is 1.69. The van der Waals surface area contributed by atoms with Gasteiger partial charge < -0.3 is 15.5 Å². The molecule has 98 valence electrons. The molecule has 2 N–H and O–H groups in total. The molecule has 0 bridgehead atoms. The highest BCUT2D eigenvalue weighted by atomic mass is 35.5. The average molecular weight is 260 g/mol. The third kappa shape index (κ3) is 4.27. The molecule has 1 unspecified atom stereocenters. The van der Waals surface area contributed by atoms with E-state index in [1.54, 1.807) is 6.20 Å². The van der Waals surface area contributed by atoms with Crippen LogP contribution in [-0.2, 0) is 6.54 Å². The van der Waals surface area contributed by atoms with Gasteiger partial charge in [-0.1, -0.05) is 11.6 Å². The lowest BCUT2D eigenvalue weighted by Crippen LogP contribution is -2.29. The molecule has 0 spiro atoms. The third-order valence-electron chi connectivity index (χ3n) is 2.51. The highest BCUT2D eigenvalue weighted by Crippen LogP contribution is 2.21. The van der Waals surface area contributed by atoms with Crippen molar-refractivity contribution in [3.8, 4) is 0 Å². The lowest BCUT2D eigenvalue weighted by molar-refractivity contribution is 0.346. The van der Waals surface area contributed by atoms with Crippen LogP contribution >= 0.6 is 11.6 Å². The fraction of sp³-hybridized carbons (Fsp3) is 0.727. The fourth-order valence-corrected chi connectivity index (χ4v) is 1.97. The lowest BCUT2D eigenvalue weighted by Gasteiger charge is -2.19. The summed E-state index contributed by atoms with van der Waals surface area (Å²) in [7, 11) is 8.05. The van der Waals surface area contributed by atoms with E-state index in [9.17, 15) is 0 Å². The number of hydrogen-bond acceptors (Lipinski definition) is 4. The van der Waals surface area contributed by atoms with Crippen LogP contribution in [-0.4, -0.2) is 60.9 Å². The van der Waals surface area contributed by atoms with Crippen LogP contribution in [0.2, 0.25) is 5.02 Å². The predicted molar refractivity (Wildman–Crippen MR) is 71.3 cm³/mol. The summed E-state index contributed by atoms with van der Waals surface area (Å²) < 4.78 is 1.90. The van der Waals surface area contributed by atoms with Gasteiger partial charge in [0.05, 0.1) is 29.5 Å². The first kappa shape index (κ1) is 14.4. The van der Waals surface area contributed by atoms with Gasteiger partial charge in [0, 0.05) is 13.1 Å². The van der Waals surface area contributed by atoms with E-state index in [0.717, 1.165) is 25.3 Å². The van der Waals surface area contributed by atoms with Crippen LogP contribution in [0.5, 0.6) is 0 Å². The summed E-state index contributed by atoms with van der Waals surface area (Å²) in [5.41, 5.74) is 7.07. The van der Waals surface area contributed by atoms with Gasteiger partial charge in [-0.2, -0.15) is 5.10 Å². The van der Waals surface area contributed by atoms with Crippen molar-refractivity contribution in [3.63, 3.8) is 0 Å². The normalized spacial score (nSPS) is 13.6. The molecule has 17 heavy (non-hydrogen) atoms. The SMILES string of the molecule is CN(C)CCn1ncc(Cl)c1C(N)CN(C)C. The number of nitrogens with two attached hydrogens (primary N) is 1. The Labute approximate surface area is 108 Å². The molecule has 5 nitrogen and oxygen atoms in total. The monoisotopic (exact) mass is 259 g/mol. The van der Waals surface area contributed by atoms with Crippen molar-refractivity contribution in [1.29, 1.82) is 0 Å². The highest BCUT2D eigenvalue weighted by Gasteiger charge is 2.17. The topological polar surface area (TPSA) is 50.3 Å². The maximum absolute atomic E-state index is 6.15. The Morgan fingerprint density at radius 2 is 2.00 bits per heavy atom. The summed E-state index contributed by atoms with van der Waals surface area (Å²) >= 11 is 6.14. The van der Waals surface area contributed by atoms with E-state index in [2.05, 4.69) is 10.00 Å². The molecule has 0 aliphatic carbocycles. The highest BCUT2D eigenvalue weighted by molar-refractivity contribution is 6.31. The second-order valence-corrected chi connectivity index (χ2v) is 5.18. The number of hydrogen-bond donors (Lipinski definition) is 1. The van der Waals surface area contributed by atoms with Gasteiger partial charge in [-0.15, -0.1) is 0 Å². The molecule has 1 atom stereocenters. The van der Waals surface area contributed by atoms with Crippen molar-refractivity contribution in [2.24, 2.45) is 5.73 Å². The van der Waals surface area contributed by atoms with Gasteiger partial charge in [0.2, 0.25) is 0 Å². The summed E-state index contributed by atoms with van der Waals surface area (Å²) in [6.45, 7) is 2.48. The number of halogens is 1. The summed E-state index contributed by atoms with van der Waals surface area (Å²) in [5.74, 6) is 0. The maximum atomic E-state index is 6.15. The van der Waals surface area contributed by atoms with Gasteiger partial charge in [-0.05, 0) is 28.2 Å². The molecule has 1 heterocycles. The molecular weight excluding hydrogens is 238 g/mol. The maximum Gasteiger partial charge on any atom is 0.0834 e. The lowest BCUT2D eigenvalue weighted by atomic mass is 10.2. The van der Waals surface area contributed by atoms with E-state index in [1.807, 2.05) is 37.8 Å². The molecule has 0 aromatic carbocycles. The number of likely N-dealkylation sites (N-methyl/N-ethyl adjacent to an activating group) is 2. The number of nitrogens with zero attached hydrogens (tertiary/aromatic N) is 4. The van der Waals surface area contributed by atoms with Crippen molar-refractivity contribution in [2.75, 3.05) is 41.3 Å². The van der Waals surface area contributed by atoms with Crippen molar-refractivity contribution in [2.45, 2.75) is 12.6 Å². The molecule has 6 heteroatoms. The molecular formula is C11H22ClN5. The molecule has 1 aromatic rings. The minimum atomic E-state index is -0.109. The van der Waals surface area contributed by atoms with E-state index in [4.69, 9.17) is 17.3 Å². The van der Waals surface area contributed by atoms with Crippen LogP contribution in [0.1, 0.15) is 11.7 Å². The van der Waals surface area contributed by atoms with Crippen LogP contribution in [0, 0.1) is 0 Å². The zero-order valence-electron chi connectivity index (χ0n) is 11.0. The summed E-state index contributed by atoms with van der Waals surface area (Å²) in [4.78, 5) is 4.15. The van der Waals surface area contributed by atoms with Crippen LogP contribution in [0.3, 0.4) is 0 Å². The zero-order chi connectivity index (χ0) is 13.0. The van der Waals surface area contributed by atoms with E-state index in [-0.39, 0.29) is 6.04 Å². The molecule has 0 saturated carbocycles. The number of aromatic nitrogens is 2. The Morgan fingerprint density at radius 3 is 2.53 bits per heavy atom. The summed E-state index contributed by atoms with van der Waals surface area (Å²) in [6.07, 6.45) is 1.67. The third-order valence-corrected chi connectivity index (χ3v) is 2.80. The zero-order valence-corrected chi connectivity index (χ0v) is 11.8. The number of rotatable bonds is 6. The van der Waals surface area contributed by atoms with Crippen molar-refractivity contribution in [1.82, 2.24) is 19.6 Å². The van der Waals surface area contributed by atoms with Gasteiger partial charge in [-0.25, -0.2) is 0 Å². The second kappa shape index (κ2) is 6.35. The summed E-state index contributed by atoms with van der Waals surface area (Å²) in [5, 5.41) is 4.93. The van der Waals surface area contributed by atoms with E-state index in [0.29, 0.717) is 5.02 Å². The Hall–Kier alpha value is -0.620. The van der Waals surface area contributed by atoms with Crippen LogP contribution in [0.25, 0.3) is 0 Å². The van der Waals surface area contributed by atoms with Gasteiger partial charge in [-0.3, -0.25) is 4.68 Å². The van der Waals surface area contributed by atoms with Gasteiger partial charge in [0.25, 0.3) is 0 Å². The molecule has 1 aromatic heterocycles. The minimum Gasteiger partial charge on any atom is -0.322 e. The predicted octanol–water partition coefficient (Wildman–Crippen LogP) is 0.659. The Balaban J connectivity index is 2.78. The minimum absolute atomic E-state index is 0.109. The van der Waals surface area contributed by atoms with Crippen LogP contribution in [0.4, 0.5) is 0 Å². The first-order valence-electron chi connectivity index (χ1n) is 5.68. The average Bonchev–Trinajstić information content (AvgIpc) is 2.55. The Bertz CT molecular complexity index is 348. The Kier molecular flexibility index (Phi) is 5.39. The summed E-state index contributed by atoms with van der Waals surface area (Å²) in [6, 6.07) is -0.109. The molecule has 0 aliphatic rings. The Morgan fingerprint density at radius 1 is 1.35 bits per heavy atom. The van der Waals surface area contributed by atoms with E-state index >= 15 is 0 Å². The van der Waals surface area contributed by atoms with Crippen molar-refractivity contribution in [3.05, 3.63) is 16.9 Å². The first-order chi connectivity index (χ1) is 7.91. The van der Waals surface area contributed by atoms with Crippen molar-refractivity contribution >= 4 is 11.6 Å². The van der Waals surface area contributed by atoms with Gasteiger partial charge in [0.1, 0.15) is 0 Å².